The van der Waals surface area contributed by atoms with Crippen molar-refractivity contribution in [3.63, 3.8) is 0 Å². The monoisotopic (exact) mass is 440 g/mol. The molecule has 7 nitrogen and oxygen atoms in total. The lowest BCUT2D eigenvalue weighted by molar-refractivity contribution is -0.127. The molecule has 1 atom stereocenters. The van der Waals surface area contributed by atoms with Crippen molar-refractivity contribution in [2.45, 2.75) is 19.4 Å². The first-order chi connectivity index (χ1) is 12.9. The van der Waals surface area contributed by atoms with Gasteiger partial charge in [-0.05, 0) is 30.5 Å². The molecule has 1 aromatic rings. The van der Waals surface area contributed by atoms with Crippen molar-refractivity contribution in [3.05, 3.63) is 34.3 Å². The molecule has 1 unspecified atom stereocenters. The Hall–Kier alpha value is -1.64. The number of rotatable bonds is 8. The topological polar surface area (TPSA) is 86.2 Å². The Morgan fingerprint density at radius 3 is 2.67 bits per heavy atom. The maximum Gasteiger partial charge on any atom is 0.241 e. The van der Waals surface area contributed by atoms with Crippen LogP contribution in [0.3, 0.4) is 0 Å². The highest BCUT2D eigenvalue weighted by molar-refractivity contribution is 9.10. The quantitative estimate of drug-likeness (QED) is 0.419. The first-order valence-electron chi connectivity index (χ1n) is 9.09. The van der Waals surface area contributed by atoms with Gasteiger partial charge in [0.25, 0.3) is 0 Å². The van der Waals surface area contributed by atoms with Crippen LogP contribution in [-0.2, 0) is 16.1 Å². The second-order valence-corrected chi connectivity index (χ2v) is 7.98. The van der Waals surface area contributed by atoms with Crippen LogP contribution in [0.25, 0.3) is 0 Å². The SMILES string of the molecule is CN(C)C(=O)CNC(=NCc1ccc(Br)cc1)NCC1(CCO)CCOC1. The summed E-state index contributed by atoms with van der Waals surface area (Å²) in [5.41, 5.74) is 0.980. The van der Waals surface area contributed by atoms with Crippen molar-refractivity contribution in [1.29, 1.82) is 0 Å². The van der Waals surface area contributed by atoms with E-state index >= 15 is 0 Å². The van der Waals surface area contributed by atoms with Gasteiger partial charge in [-0.2, -0.15) is 0 Å². The van der Waals surface area contributed by atoms with Gasteiger partial charge >= 0.3 is 0 Å². The third-order valence-electron chi connectivity index (χ3n) is 4.70. The lowest BCUT2D eigenvalue weighted by Crippen LogP contribution is -2.47. The van der Waals surface area contributed by atoms with Crippen molar-refractivity contribution in [3.8, 4) is 0 Å². The van der Waals surface area contributed by atoms with Crippen LogP contribution in [0.5, 0.6) is 0 Å². The summed E-state index contributed by atoms with van der Waals surface area (Å²) < 4.78 is 6.56. The minimum absolute atomic E-state index is 0.0255. The number of carbonyl (C=O) groups is 1. The van der Waals surface area contributed by atoms with E-state index < -0.39 is 0 Å². The summed E-state index contributed by atoms with van der Waals surface area (Å²) >= 11 is 3.43. The molecule has 0 aromatic heterocycles. The molecule has 1 fully saturated rings. The van der Waals surface area contributed by atoms with Gasteiger partial charge in [-0.3, -0.25) is 4.79 Å². The molecule has 8 heteroatoms. The molecule has 150 valence electrons. The molecule has 1 aliphatic rings. The van der Waals surface area contributed by atoms with Crippen LogP contribution in [0.2, 0.25) is 0 Å². The summed E-state index contributed by atoms with van der Waals surface area (Å²) in [7, 11) is 3.45. The zero-order chi connectivity index (χ0) is 19.7. The number of carbonyl (C=O) groups excluding carboxylic acids is 1. The number of amides is 1. The summed E-state index contributed by atoms with van der Waals surface area (Å²) in [6, 6.07) is 7.97. The van der Waals surface area contributed by atoms with E-state index in [1.807, 2.05) is 24.3 Å². The first kappa shape index (κ1) is 21.7. The molecule has 1 amide bonds. The Bertz CT molecular complexity index is 628. The van der Waals surface area contributed by atoms with Crippen LogP contribution in [0.15, 0.2) is 33.7 Å². The Kier molecular flexibility index (Phi) is 8.53. The average Bonchev–Trinajstić information content (AvgIpc) is 3.11. The molecule has 2 rings (SSSR count). The fourth-order valence-corrected chi connectivity index (χ4v) is 3.10. The molecule has 0 spiro atoms. The van der Waals surface area contributed by atoms with E-state index in [4.69, 9.17) is 4.74 Å². The Morgan fingerprint density at radius 1 is 1.33 bits per heavy atom. The predicted molar refractivity (Wildman–Crippen MR) is 110 cm³/mol. The zero-order valence-electron chi connectivity index (χ0n) is 16.0. The molecule has 1 saturated heterocycles. The van der Waals surface area contributed by atoms with E-state index in [1.54, 1.807) is 14.1 Å². The van der Waals surface area contributed by atoms with E-state index in [1.165, 1.54) is 4.90 Å². The summed E-state index contributed by atoms with van der Waals surface area (Å²) in [6.45, 7) is 2.76. The largest absolute Gasteiger partial charge is 0.396 e. The number of benzene rings is 1. The molecule has 0 radical (unpaired) electrons. The van der Waals surface area contributed by atoms with Gasteiger partial charge in [0.1, 0.15) is 0 Å². The summed E-state index contributed by atoms with van der Waals surface area (Å²) in [4.78, 5) is 18.1. The molecule has 0 saturated carbocycles. The second-order valence-electron chi connectivity index (χ2n) is 7.06. The maximum absolute atomic E-state index is 11.9. The number of ether oxygens (including phenoxy) is 1. The van der Waals surface area contributed by atoms with Crippen LogP contribution >= 0.6 is 15.9 Å². The molecule has 3 N–H and O–H groups in total. The fraction of sp³-hybridized carbons (Fsp3) is 0.579. The molecule has 0 bridgehead atoms. The fourth-order valence-electron chi connectivity index (χ4n) is 2.83. The molecule has 0 aliphatic carbocycles. The van der Waals surface area contributed by atoms with E-state index in [9.17, 15) is 9.90 Å². The molecular formula is C19H29BrN4O3. The number of hydrogen-bond acceptors (Lipinski definition) is 4. The van der Waals surface area contributed by atoms with Gasteiger partial charge in [0, 0.05) is 43.7 Å². The lowest BCUT2D eigenvalue weighted by Gasteiger charge is -2.28. The van der Waals surface area contributed by atoms with Crippen molar-refractivity contribution in [2.24, 2.45) is 10.4 Å². The first-order valence-corrected chi connectivity index (χ1v) is 9.89. The molecule has 1 aromatic carbocycles. The summed E-state index contributed by atoms with van der Waals surface area (Å²) in [5, 5.41) is 15.8. The van der Waals surface area contributed by atoms with Crippen molar-refractivity contribution >= 4 is 27.8 Å². The number of aliphatic hydroxyl groups is 1. The van der Waals surface area contributed by atoms with Crippen LogP contribution in [-0.4, -0.2) is 68.9 Å². The summed E-state index contributed by atoms with van der Waals surface area (Å²) in [6.07, 6.45) is 1.58. The molecule has 27 heavy (non-hydrogen) atoms. The number of aliphatic imine (C=N–C) groups is 1. The number of likely N-dealkylation sites (N-methyl/N-ethyl adjacent to an activating group) is 1. The normalized spacial score (nSPS) is 19.8. The lowest BCUT2D eigenvalue weighted by atomic mass is 9.84. The highest BCUT2D eigenvalue weighted by Gasteiger charge is 2.34. The number of nitrogens with zero attached hydrogens (tertiary/aromatic N) is 2. The Labute approximate surface area is 169 Å². The van der Waals surface area contributed by atoms with Gasteiger partial charge in [0.15, 0.2) is 5.96 Å². The highest BCUT2D eigenvalue weighted by Crippen LogP contribution is 2.31. The third-order valence-corrected chi connectivity index (χ3v) is 5.23. The molecular weight excluding hydrogens is 412 g/mol. The third kappa shape index (κ3) is 7.12. The zero-order valence-corrected chi connectivity index (χ0v) is 17.6. The van der Waals surface area contributed by atoms with Crippen LogP contribution in [0.4, 0.5) is 0 Å². The number of aliphatic hydroxyl groups excluding tert-OH is 1. The van der Waals surface area contributed by atoms with Crippen molar-refractivity contribution < 1.29 is 14.6 Å². The van der Waals surface area contributed by atoms with Gasteiger partial charge in [0.05, 0.1) is 19.7 Å². The number of nitrogens with one attached hydrogen (secondary N) is 2. The van der Waals surface area contributed by atoms with Crippen molar-refractivity contribution in [2.75, 3.05) is 47.0 Å². The van der Waals surface area contributed by atoms with E-state index in [2.05, 4.69) is 31.6 Å². The van der Waals surface area contributed by atoms with E-state index in [-0.39, 0.29) is 24.5 Å². The molecule has 1 aliphatic heterocycles. The van der Waals surface area contributed by atoms with Gasteiger partial charge in [-0.15, -0.1) is 0 Å². The number of halogens is 1. The highest BCUT2D eigenvalue weighted by atomic mass is 79.9. The van der Waals surface area contributed by atoms with Gasteiger partial charge < -0.3 is 25.4 Å². The van der Waals surface area contributed by atoms with Gasteiger partial charge in [-0.1, -0.05) is 28.1 Å². The average molecular weight is 441 g/mol. The smallest absolute Gasteiger partial charge is 0.241 e. The van der Waals surface area contributed by atoms with Gasteiger partial charge in [-0.25, -0.2) is 4.99 Å². The van der Waals surface area contributed by atoms with Crippen LogP contribution < -0.4 is 10.6 Å². The second kappa shape index (κ2) is 10.6. The summed E-state index contributed by atoms with van der Waals surface area (Å²) in [5.74, 6) is 0.555. The molecule has 1 heterocycles. The van der Waals surface area contributed by atoms with E-state index in [0.29, 0.717) is 38.7 Å². The number of hydrogen-bond donors (Lipinski definition) is 3. The standard InChI is InChI=1S/C19H29BrN4O3/c1-24(2)17(26)12-22-18(21-11-15-3-5-16(20)6-4-15)23-13-19(7-9-25)8-10-27-14-19/h3-6,25H,7-14H2,1-2H3,(H2,21,22,23). The predicted octanol–water partition coefficient (Wildman–Crippen LogP) is 1.36. The van der Waals surface area contributed by atoms with Crippen LogP contribution in [0.1, 0.15) is 18.4 Å². The van der Waals surface area contributed by atoms with E-state index in [0.717, 1.165) is 16.5 Å². The Balaban J connectivity index is 2.02. The van der Waals surface area contributed by atoms with Gasteiger partial charge in [0.2, 0.25) is 5.91 Å². The minimum Gasteiger partial charge on any atom is -0.396 e. The maximum atomic E-state index is 11.9. The minimum atomic E-state index is -0.0969. The number of guanidine groups is 1. The van der Waals surface area contributed by atoms with Crippen molar-refractivity contribution in [1.82, 2.24) is 15.5 Å². The van der Waals surface area contributed by atoms with Crippen LogP contribution in [0, 0.1) is 5.41 Å². The Morgan fingerprint density at radius 2 is 2.07 bits per heavy atom.